The predicted molar refractivity (Wildman–Crippen MR) is 100 cm³/mol. The third-order valence-corrected chi connectivity index (χ3v) is 4.33. The van der Waals surface area contributed by atoms with E-state index in [-0.39, 0.29) is 24.2 Å². The molecule has 0 fully saturated rings. The summed E-state index contributed by atoms with van der Waals surface area (Å²) in [5.74, 6) is -0.525. The van der Waals surface area contributed by atoms with Gasteiger partial charge in [0.05, 0.1) is 13.0 Å². The number of carboxylic acids is 1. The van der Waals surface area contributed by atoms with Crippen LogP contribution >= 0.6 is 0 Å². The Morgan fingerprint density at radius 2 is 1.58 bits per heavy atom. The highest BCUT2D eigenvalue weighted by Gasteiger charge is 2.22. The number of ether oxygens (including phenoxy) is 1. The SMILES string of the molecule is CC(C)(c1ccccc1)c1ccc(OCCNC(=O)CCC(=O)O)cc1. The fourth-order valence-electron chi connectivity index (χ4n) is 2.66. The average Bonchev–Trinajstić information content (AvgIpc) is 2.64. The van der Waals surface area contributed by atoms with E-state index in [0.717, 1.165) is 5.75 Å². The van der Waals surface area contributed by atoms with Crippen LogP contribution in [0.15, 0.2) is 54.6 Å². The van der Waals surface area contributed by atoms with E-state index < -0.39 is 5.97 Å². The quantitative estimate of drug-likeness (QED) is 0.676. The van der Waals surface area contributed by atoms with Crippen LogP contribution in [0.25, 0.3) is 0 Å². The van der Waals surface area contributed by atoms with E-state index in [2.05, 4.69) is 31.3 Å². The second kappa shape index (κ2) is 9.04. The molecular formula is C21H25NO4. The van der Waals surface area contributed by atoms with Gasteiger partial charge in [-0.15, -0.1) is 0 Å². The zero-order valence-electron chi connectivity index (χ0n) is 15.2. The van der Waals surface area contributed by atoms with Crippen LogP contribution in [0.4, 0.5) is 0 Å². The molecule has 2 N–H and O–H groups in total. The second-order valence-corrected chi connectivity index (χ2v) is 6.61. The van der Waals surface area contributed by atoms with Gasteiger partial charge >= 0.3 is 5.97 Å². The summed E-state index contributed by atoms with van der Waals surface area (Å²) in [5.41, 5.74) is 2.34. The first-order valence-corrected chi connectivity index (χ1v) is 8.67. The van der Waals surface area contributed by atoms with Crippen molar-refractivity contribution in [2.75, 3.05) is 13.2 Å². The van der Waals surface area contributed by atoms with Gasteiger partial charge in [-0.2, -0.15) is 0 Å². The van der Waals surface area contributed by atoms with Crippen molar-refractivity contribution in [3.05, 3.63) is 65.7 Å². The molecule has 0 radical (unpaired) electrons. The van der Waals surface area contributed by atoms with E-state index in [9.17, 15) is 9.59 Å². The molecule has 0 aliphatic heterocycles. The number of aliphatic carboxylic acids is 1. The summed E-state index contributed by atoms with van der Waals surface area (Å²) in [7, 11) is 0. The summed E-state index contributed by atoms with van der Waals surface area (Å²) < 4.78 is 5.62. The van der Waals surface area contributed by atoms with E-state index in [1.807, 2.05) is 42.5 Å². The highest BCUT2D eigenvalue weighted by molar-refractivity contribution is 5.80. The number of nitrogens with one attached hydrogen (secondary N) is 1. The summed E-state index contributed by atoms with van der Waals surface area (Å²) >= 11 is 0. The van der Waals surface area contributed by atoms with E-state index in [4.69, 9.17) is 9.84 Å². The predicted octanol–water partition coefficient (Wildman–Crippen LogP) is 3.37. The van der Waals surface area contributed by atoms with Crippen molar-refractivity contribution in [1.29, 1.82) is 0 Å². The van der Waals surface area contributed by atoms with Gasteiger partial charge in [0.25, 0.3) is 0 Å². The van der Waals surface area contributed by atoms with Crippen molar-refractivity contribution in [1.82, 2.24) is 5.32 Å². The lowest BCUT2D eigenvalue weighted by Gasteiger charge is -2.26. The van der Waals surface area contributed by atoms with Gasteiger partial charge in [0.1, 0.15) is 12.4 Å². The molecule has 0 spiro atoms. The Bertz CT molecular complexity index is 723. The number of carbonyl (C=O) groups is 2. The fraction of sp³-hybridized carbons (Fsp3) is 0.333. The van der Waals surface area contributed by atoms with Crippen LogP contribution in [0.2, 0.25) is 0 Å². The first-order chi connectivity index (χ1) is 12.4. The van der Waals surface area contributed by atoms with Crippen LogP contribution in [0.3, 0.4) is 0 Å². The monoisotopic (exact) mass is 355 g/mol. The van der Waals surface area contributed by atoms with Gasteiger partial charge < -0.3 is 15.2 Å². The molecule has 5 heteroatoms. The average molecular weight is 355 g/mol. The lowest BCUT2D eigenvalue weighted by atomic mass is 9.78. The van der Waals surface area contributed by atoms with Crippen LogP contribution < -0.4 is 10.1 Å². The molecule has 0 bridgehead atoms. The zero-order chi connectivity index (χ0) is 19.0. The minimum atomic E-state index is -0.977. The minimum absolute atomic E-state index is 0.0153. The number of benzene rings is 2. The lowest BCUT2D eigenvalue weighted by molar-refractivity contribution is -0.138. The summed E-state index contributed by atoms with van der Waals surface area (Å²) in [6, 6.07) is 18.3. The summed E-state index contributed by atoms with van der Waals surface area (Å²) in [6.45, 7) is 5.05. The van der Waals surface area contributed by atoms with Crippen LogP contribution in [-0.2, 0) is 15.0 Å². The normalized spacial score (nSPS) is 11.0. The number of carboxylic acid groups (broad SMARTS) is 1. The highest BCUT2D eigenvalue weighted by atomic mass is 16.5. The van der Waals surface area contributed by atoms with Gasteiger partial charge in [-0.25, -0.2) is 0 Å². The Kier molecular flexibility index (Phi) is 6.78. The number of rotatable bonds is 9. The Morgan fingerprint density at radius 3 is 2.19 bits per heavy atom. The van der Waals surface area contributed by atoms with E-state index >= 15 is 0 Å². The standard InChI is InChI=1S/C21H25NO4/c1-21(2,16-6-4-3-5-7-16)17-8-10-18(11-9-17)26-15-14-22-19(23)12-13-20(24)25/h3-11H,12-15H2,1-2H3,(H,22,23)(H,24,25). The third kappa shape index (κ3) is 5.62. The number of carbonyl (C=O) groups excluding carboxylic acids is 1. The first kappa shape index (κ1) is 19.5. The van der Waals surface area contributed by atoms with Crippen molar-refractivity contribution >= 4 is 11.9 Å². The van der Waals surface area contributed by atoms with Crippen molar-refractivity contribution in [2.24, 2.45) is 0 Å². The van der Waals surface area contributed by atoms with Crippen molar-refractivity contribution in [2.45, 2.75) is 32.1 Å². The van der Waals surface area contributed by atoms with E-state index in [1.54, 1.807) is 0 Å². The maximum absolute atomic E-state index is 11.4. The highest BCUT2D eigenvalue weighted by Crippen LogP contribution is 2.32. The zero-order valence-corrected chi connectivity index (χ0v) is 15.2. The Hall–Kier alpha value is -2.82. The van der Waals surface area contributed by atoms with Crippen LogP contribution in [0.5, 0.6) is 5.75 Å². The van der Waals surface area contributed by atoms with Gasteiger partial charge in [-0.1, -0.05) is 56.3 Å². The van der Waals surface area contributed by atoms with E-state index in [1.165, 1.54) is 11.1 Å². The van der Waals surface area contributed by atoms with Crippen molar-refractivity contribution < 1.29 is 19.4 Å². The van der Waals surface area contributed by atoms with Crippen LogP contribution in [0.1, 0.15) is 37.8 Å². The molecule has 0 unspecified atom stereocenters. The molecule has 0 aliphatic carbocycles. The first-order valence-electron chi connectivity index (χ1n) is 8.67. The summed E-state index contributed by atoms with van der Waals surface area (Å²) in [6.07, 6.45) is -0.177. The molecule has 2 aromatic rings. The molecule has 0 aromatic heterocycles. The second-order valence-electron chi connectivity index (χ2n) is 6.61. The molecule has 0 saturated heterocycles. The molecule has 5 nitrogen and oxygen atoms in total. The Balaban J connectivity index is 1.82. The molecule has 0 heterocycles. The van der Waals surface area contributed by atoms with Gasteiger partial charge in [0.2, 0.25) is 5.91 Å². The van der Waals surface area contributed by atoms with Crippen molar-refractivity contribution in [3.8, 4) is 5.75 Å². The Morgan fingerprint density at radius 1 is 0.962 bits per heavy atom. The molecule has 1 amide bonds. The molecule has 0 aliphatic rings. The fourth-order valence-corrected chi connectivity index (χ4v) is 2.66. The minimum Gasteiger partial charge on any atom is -0.492 e. The number of hydrogen-bond acceptors (Lipinski definition) is 3. The van der Waals surface area contributed by atoms with Gasteiger partial charge in [0, 0.05) is 11.8 Å². The number of amides is 1. The molecule has 26 heavy (non-hydrogen) atoms. The smallest absolute Gasteiger partial charge is 0.303 e. The largest absolute Gasteiger partial charge is 0.492 e. The van der Waals surface area contributed by atoms with Crippen LogP contribution in [0, 0.1) is 0 Å². The summed E-state index contributed by atoms with van der Waals surface area (Å²) in [5, 5.41) is 11.2. The Labute approximate surface area is 154 Å². The summed E-state index contributed by atoms with van der Waals surface area (Å²) in [4.78, 5) is 21.8. The third-order valence-electron chi connectivity index (χ3n) is 4.33. The van der Waals surface area contributed by atoms with Gasteiger partial charge in [-0.05, 0) is 23.3 Å². The van der Waals surface area contributed by atoms with Crippen molar-refractivity contribution in [3.63, 3.8) is 0 Å². The van der Waals surface area contributed by atoms with Crippen LogP contribution in [-0.4, -0.2) is 30.1 Å². The maximum Gasteiger partial charge on any atom is 0.303 e. The van der Waals surface area contributed by atoms with Gasteiger partial charge in [-0.3, -0.25) is 9.59 Å². The van der Waals surface area contributed by atoms with E-state index in [0.29, 0.717) is 13.2 Å². The molecule has 0 saturated carbocycles. The lowest BCUT2D eigenvalue weighted by Crippen LogP contribution is -2.28. The molecule has 2 aromatic carbocycles. The molecular weight excluding hydrogens is 330 g/mol. The number of hydrogen-bond donors (Lipinski definition) is 2. The maximum atomic E-state index is 11.4. The molecule has 138 valence electrons. The van der Waals surface area contributed by atoms with Gasteiger partial charge in [0.15, 0.2) is 0 Å². The molecule has 2 rings (SSSR count). The topological polar surface area (TPSA) is 75.6 Å². The molecule has 0 atom stereocenters.